The number of nitrogens with two attached hydrogens (primary N) is 1. The fourth-order valence-corrected chi connectivity index (χ4v) is 1.28. The molecule has 0 atom stereocenters. The number of amides is 1. The maximum Gasteiger partial charge on any atom is 0.227 e. The van der Waals surface area contributed by atoms with Crippen LogP contribution in [0.1, 0.15) is 26.7 Å². The Morgan fingerprint density at radius 3 is 2.69 bits per heavy atom. The highest BCUT2D eigenvalue weighted by Crippen LogP contribution is 2.12. The van der Waals surface area contributed by atoms with Crippen LogP contribution in [0, 0.1) is 0 Å². The molecule has 88 valence electrons. The van der Waals surface area contributed by atoms with E-state index in [-0.39, 0.29) is 11.4 Å². The molecule has 16 heavy (non-hydrogen) atoms. The Morgan fingerprint density at radius 1 is 1.50 bits per heavy atom. The first-order valence-electron chi connectivity index (χ1n) is 5.36. The normalized spacial score (nSPS) is 11.2. The maximum atomic E-state index is 11.8. The summed E-state index contributed by atoms with van der Waals surface area (Å²) in [6, 6.07) is 5.50. The van der Waals surface area contributed by atoms with Crippen LogP contribution in [0.2, 0.25) is 0 Å². The standard InChI is InChI=1S/C12H19N3O/c1-12(2,13)8-7-11(16)15(3)10-6-4-5-9-14-10/h4-6,9H,7-8,13H2,1-3H3. The first-order chi connectivity index (χ1) is 7.40. The molecule has 0 spiro atoms. The van der Waals surface area contributed by atoms with Crippen molar-refractivity contribution in [3.8, 4) is 0 Å². The number of hydrogen-bond donors (Lipinski definition) is 1. The van der Waals surface area contributed by atoms with E-state index in [1.54, 1.807) is 18.1 Å². The molecule has 1 aromatic heterocycles. The fraction of sp³-hybridized carbons (Fsp3) is 0.500. The van der Waals surface area contributed by atoms with Gasteiger partial charge in [0.25, 0.3) is 0 Å². The van der Waals surface area contributed by atoms with E-state index in [0.29, 0.717) is 18.7 Å². The molecular formula is C12H19N3O. The van der Waals surface area contributed by atoms with Gasteiger partial charge in [0.1, 0.15) is 5.82 Å². The van der Waals surface area contributed by atoms with Gasteiger partial charge in [0.05, 0.1) is 0 Å². The fourth-order valence-electron chi connectivity index (χ4n) is 1.28. The Kier molecular flexibility index (Phi) is 4.01. The van der Waals surface area contributed by atoms with Crippen molar-refractivity contribution in [2.24, 2.45) is 5.73 Å². The summed E-state index contributed by atoms with van der Waals surface area (Å²) in [6.45, 7) is 3.84. The maximum absolute atomic E-state index is 11.8. The molecule has 1 aromatic rings. The van der Waals surface area contributed by atoms with Crippen LogP contribution >= 0.6 is 0 Å². The quantitative estimate of drug-likeness (QED) is 0.839. The molecule has 4 heteroatoms. The smallest absolute Gasteiger partial charge is 0.227 e. The third-order valence-corrected chi connectivity index (χ3v) is 2.35. The van der Waals surface area contributed by atoms with Crippen LogP contribution in [0.5, 0.6) is 0 Å². The molecule has 0 unspecified atom stereocenters. The molecule has 0 radical (unpaired) electrons. The van der Waals surface area contributed by atoms with E-state index >= 15 is 0 Å². The third kappa shape index (κ3) is 3.98. The summed E-state index contributed by atoms with van der Waals surface area (Å²) in [4.78, 5) is 17.5. The predicted molar refractivity (Wildman–Crippen MR) is 65.1 cm³/mol. The van der Waals surface area contributed by atoms with Crippen molar-refractivity contribution < 1.29 is 4.79 Å². The SMILES string of the molecule is CN(C(=O)CCC(C)(C)N)c1ccccn1. The minimum absolute atomic E-state index is 0.0391. The van der Waals surface area contributed by atoms with Gasteiger partial charge in [0.2, 0.25) is 5.91 Å². The van der Waals surface area contributed by atoms with E-state index < -0.39 is 0 Å². The molecule has 0 saturated carbocycles. The van der Waals surface area contributed by atoms with Gasteiger partial charge in [-0.05, 0) is 32.4 Å². The molecule has 0 aliphatic carbocycles. The summed E-state index contributed by atoms with van der Waals surface area (Å²) in [7, 11) is 1.73. The molecule has 0 aliphatic heterocycles. The van der Waals surface area contributed by atoms with Crippen LogP contribution in [-0.4, -0.2) is 23.5 Å². The van der Waals surface area contributed by atoms with Gasteiger partial charge in [-0.3, -0.25) is 9.69 Å². The molecule has 2 N–H and O–H groups in total. The number of carbonyl (C=O) groups is 1. The van der Waals surface area contributed by atoms with Crippen molar-refractivity contribution in [3.63, 3.8) is 0 Å². The molecular weight excluding hydrogens is 202 g/mol. The molecule has 4 nitrogen and oxygen atoms in total. The average Bonchev–Trinajstić information content (AvgIpc) is 2.25. The van der Waals surface area contributed by atoms with E-state index in [2.05, 4.69) is 4.98 Å². The monoisotopic (exact) mass is 221 g/mol. The van der Waals surface area contributed by atoms with Gasteiger partial charge in [-0.2, -0.15) is 0 Å². The third-order valence-electron chi connectivity index (χ3n) is 2.35. The predicted octanol–water partition coefficient (Wildman–Crippen LogP) is 1.56. The van der Waals surface area contributed by atoms with Gasteiger partial charge < -0.3 is 5.73 Å². The number of hydrogen-bond acceptors (Lipinski definition) is 3. The highest BCUT2D eigenvalue weighted by Gasteiger charge is 2.16. The van der Waals surface area contributed by atoms with Crippen molar-refractivity contribution in [1.82, 2.24) is 4.98 Å². The van der Waals surface area contributed by atoms with Gasteiger partial charge in [-0.1, -0.05) is 6.07 Å². The number of rotatable bonds is 4. The zero-order valence-corrected chi connectivity index (χ0v) is 10.1. The molecule has 0 fully saturated rings. The molecule has 0 saturated heterocycles. The van der Waals surface area contributed by atoms with E-state index in [1.165, 1.54) is 0 Å². The second-order valence-corrected chi connectivity index (χ2v) is 4.63. The zero-order chi connectivity index (χ0) is 12.2. The van der Waals surface area contributed by atoms with Crippen LogP contribution in [0.25, 0.3) is 0 Å². The van der Waals surface area contributed by atoms with E-state index in [1.807, 2.05) is 32.0 Å². The van der Waals surface area contributed by atoms with E-state index in [4.69, 9.17) is 5.73 Å². The lowest BCUT2D eigenvalue weighted by molar-refractivity contribution is -0.118. The van der Waals surface area contributed by atoms with Crippen molar-refractivity contribution in [3.05, 3.63) is 24.4 Å². The number of anilines is 1. The Morgan fingerprint density at radius 2 is 2.19 bits per heavy atom. The van der Waals surface area contributed by atoms with Gasteiger partial charge >= 0.3 is 0 Å². The van der Waals surface area contributed by atoms with Gasteiger partial charge in [0, 0.05) is 25.2 Å². The van der Waals surface area contributed by atoms with Crippen molar-refractivity contribution in [2.45, 2.75) is 32.2 Å². The Hall–Kier alpha value is -1.42. The van der Waals surface area contributed by atoms with Crippen molar-refractivity contribution >= 4 is 11.7 Å². The summed E-state index contributed by atoms with van der Waals surface area (Å²) in [6.07, 6.45) is 2.78. The Labute approximate surface area is 96.5 Å². The van der Waals surface area contributed by atoms with Gasteiger partial charge in [0.15, 0.2) is 0 Å². The highest BCUT2D eigenvalue weighted by atomic mass is 16.2. The van der Waals surface area contributed by atoms with Gasteiger partial charge in [-0.25, -0.2) is 4.98 Å². The first kappa shape index (κ1) is 12.6. The van der Waals surface area contributed by atoms with Crippen LogP contribution in [0.15, 0.2) is 24.4 Å². The first-order valence-corrected chi connectivity index (χ1v) is 5.36. The van der Waals surface area contributed by atoms with E-state index in [9.17, 15) is 4.79 Å². The second kappa shape index (κ2) is 5.07. The lowest BCUT2D eigenvalue weighted by Crippen LogP contribution is -2.35. The summed E-state index contributed by atoms with van der Waals surface area (Å²) in [5.41, 5.74) is 5.53. The second-order valence-electron chi connectivity index (χ2n) is 4.63. The van der Waals surface area contributed by atoms with Crippen LogP contribution in [0.4, 0.5) is 5.82 Å². The summed E-state index contributed by atoms with van der Waals surface area (Å²) in [5.74, 6) is 0.708. The van der Waals surface area contributed by atoms with Crippen molar-refractivity contribution in [1.29, 1.82) is 0 Å². The lowest BCUT2D eigenvalue weighted by Gasteiger charge is -2.21. The highest BCUT2D eigenvalue weighted by molar-refractivity contribution is 5.91. The van der Waals surface area contributed by atoms with Crippen LogP contribution in [-0.2, 0) is 4.79 Å². The number of nitrogens with zero attached hydrogens (tertiary/aromatic N) is 2. The largest absolute Gasteiger partial charge is 0.326 e. The molecule has 0 bridgehead atoms. The number of carbonyl (C=O) groups excluding carboxylic acids is 1. The molecule has 0 aliphatic rings. The average molecular weight is 221 g/mol. The van der Waals surface area contributed by atoms with Crippen molar-refractivity contribution in [2.75, 3.05) is 11.9 Å². The minimum atomic E-state index is -0.305. The lowest BCUT2D eigenvalue weighted by atomic mass is 10.00. The minimum Gasteiger partial charge on any atom is -0.326 e. The summed E-state index contributed by atoms with van der Waals surface area (Å²) in [5, 5.41) is 0. The summed E-state index contributed by atoms with van der Waals surface area (Å²) >= 11 is 0. The number of pyridine rings is 1. The molecule has 1 rings (SSSR count). The summed E-state index contributed by atoms with van der Waals surface area (Å²) < 4.78 is 0. The Bertz CT molecular complexity index is 343. The van der Waals surface area contributed by atoms with Crippen LogP contribution < -0.4 is 10.6 Å². The Balaban J connectivity index is 2.55. The van der Waals surface area contributed by atoms with E-state index in [0.717, 1.165) is 0 Å². The molecule has 1 amide bonds. The van der Waals surface area contributed by atoms with Crippen LogP contribution in [0.3, 0.4) is 0 Å². The molecule has 1 heterocycles. The zero-order valence-electron chi connectivity index (χ0n) is 10.1. The topological polar surface area (TPSA) is 59.2 Å². The molecule has 0 aromatic carbocycles. The van der Waals surface area contributed by atoms with Gasteiger partial charge in [-0.15, -0.1) is 0 Å². The number of aromatic nitrogens is 1.